The maximum Gasteiger partial charge on any atom is 0.137 e. The van der Waals surface area contributed by atoms with Gasteiger partial charge in [0.05, 0.1) is 0 Å². The second-order valence-electron chi connectivity index (χ2n) is 7.20. The van der Waals surface area contributed by atoms with Gasteiger partial charge in [-0.2, -0.15) is 0 Å². The summed E-state index contributed by atoms with van der Waals surface area (Å²) in [5.74, 6) is 2.09. The van der Waals surface area contributed by atoms with Gasteiger partial charge in [-0.25, -0.2) is 9.97 Å². The van der Waals surface area contributed by atoms with Crippen molar-refractivity contribution in [2.24, 2.45) is 5.41 Å². The fourth-order valence-electron chi connectivity index (χ4n) is 4.20. The highest BCUT2D eigenvalue weighted by Gasteiger charge is 2.36. The average molecular weight is 288 g/mol. The molecule has 0 aromatic carbocycles. The first kappa shape index (κ1) is 14.6. The molecule has 1 aromatic heterocycles. The smallest absolute Gasteiger partial charge is 0.137 e. The third-order valence-electron chi connectivity index (χ3n) is 5.51. The third-order valence-corrected chi connectivity index (χ3v) is 5.51. The van der Waals surface area contributed by atoms with E-state index >= 15 is 0 Å². The summed E-state index contributed by atoms with van der Waals surface area (Å²) in [5.41, 5.74) is 7.84. The Morgan fingerprint density at radius 2 is 1.71 bits per heavy atom. The number of piperidine rings is 1. The number of nitrogen functional groups attached to an aromatic ring is 1. The van der Waals surface area contributed by atoms with Crippen LogP contribution in [0.5, 0.6) is 0 Å². The van der Waals surface area contributed by atoms with Crippen LogP contribution >= 0.6 is 0 Å². The van der Waals surface area contributed by atoms with E-state index in [4.69, 9.17) is 5.73 Å². The molecule has 1 saturated carbocycles. The summed E-state index contributed by atoms with van der Waals surface area (Å²) in [7, 11) is 0. The molecule has 2 N–H and O–H groups in total. The topological polar surface area (TPSA) is 55.0 Å². The highest BCUT2D eigenvalue weighted by molar-refractivity contribution is 5.58. The van der Waals surface area contributed by atoms with Crippen LogP contribution in [0.25, 0.3) is 0 Å². The summed E-state index contributed by atoms with van der Waals surface area (Å²) in [6, 6.07) is 0. The molecule has 4 heteroatoms. The van der Waals surface area contributed by atoms with Crippen molar-refractivity contribution in [3.8, 4) is 0 Å². The Labute approximate surface area is 128 Å². The zero-order valence-electron chi connectivity index (χ0n) is 13.4. The van der Waals surface area contributed by atoms with Gasteiger partial charge in [-0.05, 0) is 37.0 Å². The van der Waals surface area contributed by atoms with Gasteiger partial charge in [-0.1, -0.05) is 33.1 Å². The van der Waals surface area contributed by atoms with Crippen molar-refractivity contribution >= 4 is 11.6 Å². The number of hydrogen-bond acceptors (Lipinski definition) is 4. The molecule has 2 aliphatic rings. The van der Waals surface area contributed by atoms with Crippen LogP contribution in [0.4, 0.5) is 11.6 Å². The van der Waals surface area contributed by atoms with Gasteiger partial charge < -0.3 is 10.6 Å². The quantitative estimate of drug-likeness (QED) is 0.901. The molecule has 1 saturated heterocycles. The van der Waals surface area contributed by atoms with Crippen molar-refractivity contribution < 1.29 is 0 Å². The minimum atomic E-state index is 0.367. The minimum absolute atomic E-state index is 0.367. The highest BCUT2D eigenvalue weighted by Crippen LogP contribution is 2.45. The van der Waals surface area contributed by atoms with E-state index in [0.717, 1.165) is 24.5 Å². The molecule has 0 radical (unpaired) electrons. The molecule has 21 heavy (non-hydrogen) atoms. The standard InChI is InChI=1S/C17H28N4/c1-13(2)14-15(18)19-12-20-16(14)21-10-8-17(9-11-21)6-4-3-5-7-17/h12-13H,3-11H2,1-2H3,(H2,18,19,20). The van der Waals surface area contributed by atoms with E-state index in [1.165, 1.54) is 44.9 Å². The Balaban J connectivity index is 1.76. The van der Waals surface area contributed by atoms with Crippen LogP contribution in [0.15, 0.2) is 6.33 Å². The van der Waals surface area contributed by atoms with Crippen molar-refractivity contribution in [3.05, 3.63) is 11.9 Å². The summed E-state index contributed by atoms with van der Waals surface area (Å²) in [5, 5.41) is 0. The number of hydrogen-bond donors (Lipinski definition) is 1. The lowest BCUT2D eigenvalue weighted by molar-refractivity contribution is 0.144. The molecule has 1 spiro atoms. The van der Waals surface area contributed by atoms with E-state index in [1.807, 2.05) is 0 Å². The molecule has 2 fully saturated rings. The van der Waals surface area contributed by atoms with Gasteiger partial charge in [0.2, 0.25) is 0 Å². The molecule has 0 bridgehead atoms. The summed E-state index contributed by atoms with van der Waals surface area (Å²) < 4.78 is 0. The zero-order valence-corrected chi connectivity index (χ0v) is 13.4. The van der Waals surface area contributed by atoms with Crippen molar-refractivity contribution in [1.82, 2.24) is 9.97 Å². The predicted octanol–water partition coefficient (Wildman–Crippen LogP) is 3.73. The first-order chi connectivity index (χ1) is 10.1. The SMILES string of the molecule is CC(C)c1c(N)ncnc1N1CCC2(CCCCC2)CC1. The Morgan fingerprint density at radius 3 is 2.33 bits per heavy atom. The van der Waals surface area contributed by atoms with Crippen LogP contribution in [0, 0.1) is 5.41 Å². The molecule has 1 aliphatic carbocycles. The van der Waals surface area contributed by atoms with E-state index in [-0.39, 0.29) is 0 Å². The van der Waals surface area contributed by atoms with Gasteiger partial charge in [0.25, 0.3) is 0 Å². The van der Waals surface area contributed by atoms with Crippen LogP contribution in [0.3, 0.4) is 0 Å². The van der Waals surface area contributed by atoms with Crippen molar-refractivity contribution in [1.29, 1.82) is 0 Å². The summed E-state index contributed by atoms with van der Waals surface area (Å²) >= 11 is 0. The van der Waals surface area contributed by atoms with Crippen LogP contribution in [-0.4, -0.2) is 23.1 Å². The first-order valence-electron chi connectivity index (χ1n) is 8.47. The van der Waals surface area contributed by atoms with E-state index in [1.54, 1.807) is 6.33 Å². The van der Waals surface area contributed by atoms with Gasteiger partial charge in [0.1, 0.15) is 18.0 Å². The molecular formula is C17H28N4. The zero-order chi connectivity index (χ0) is 14.9. The Bertz CT molecular complexity index is 482. The lowest BCUT2D eigenvalue weighted by Gasteiger charge is -2.45. The maximum atomic E-state index is 6.09. The highest BCUT2D eigenvalue weighted by atomic mass is 15.2. The van der Waals surface area contributed by atoms with Gasteiger partial charge in [0, 0.05) is 18.7 Å². The second-order valence-corrected chi connectivity index (χ2v) is 7.20. The van der Waals surface area contributed by atoms with Crippen molar-refractivity contribution in [2.45, 2.75) is 64.7 Å². The van der Waals surface area contributed by atoms with Gasteiger partial charge in [0.15, 0.2) is 0 Å². The number of aromatic nitrogens is 2. The van der Waals surface area contributed by atoms with Crippen molar-refractivity contribution in [2.75, 3.05) is 23.7 Å². The van der Waals surface area contributed by atoms with Gasteiger partial charge in [-0.15, -0.1) is 0 Å². The van der Waals surface area contributed by atoms with E-state index < -0.39 is 0 Å². The van der Waals surface area contributed by atoms with Crippen molar-refractivity contribution in [3.63, 3.8) is 0 Å². The van der Waals surface area contributed by atoms with Gasteiger partial charge in [-0.3, -0.25) is 0 Å². The second kappa shape index (κ2) is 5.82. The lowest BCUT2D eigenvalue weighted by atomic mass is 9.68. The molecular weight excluding hydrogens is 260 g/mol. The van der Waals surface area contributed by atoms with Crippen LogP contribution < -0.4 is 10.6 Å². The molecule has 1 aromatic rings. The molecule has 0 atom stereocenters. The monoisotopic (exact) mass is 288 g/mol. The summed E-state index contributed by atoms with van der Waals surface area (Å²) in [4.78, 5) is 11.2. The number of nitrogens with two attached hydrogens (primary N) is 1. The molecule has 4 nitrogen and oxygen atoms in total. The largest absolute Gasteiger partial charge is 0.383 e. The predicted molar refractivity (Wildman–Crippen MR) is 87.5 cm³/mol. The van der Waals surface area contributed by atoms with E-state index in [9.17, 15) is 0 Å². The van der Waals surface area contributed by atoms with Crippen LogP contribution in [-0.2, 0) is 0 Å². The van der Waals surface area contributed by atoms with Crippen LogP contribution in [0.1, 0.15) is 70.3 Å². The Kier molecular flexibility index (Phi) is 4.05. The normalized spacial score (nSPS) is 22.0. The summed E-state index contributed by atoms with van der Waals surface area (Å²) in [6.07, 6.45) is 11.4. The summed E-state index contributed by atoms with van der Waals surface area (Å²) in [6.45, 7) is 6.59. The number of rotatable bonds is 2. The maximum absolute atomic E-state index is 6.09. The Hall–Kier alpha value is -1.32. The fourth-order valence-corrected chi connectivity index (χ4v) is 4.20. The molecule has 2 heterocycles. The molecule has 116 valence electrons. The van der Waals surface area contributed by atoms with E-state index in [2.05, 4.69) is 28.7 Å². The van der Waals surface area contributed by atoms with Gasteiger partial charge >= 0.3 is 0 Å². The number of nitrogens with zero attached hydrogens (tertiary/aromatic N) is 3. The lowest BCUT2D eigenvalue weighted by Crippen LogP contribution is -2.42. The minimum Gasteiger partial charge on any atom is -0.383 e. The number of anilines is 2. The molecule has 0 unspecified atom stereocenters. The Morgan fingerprint density at radius 1 is 1.05 bits per heavy atom. The van der Waals surface area contributed by atoms with Crippen LogP contribution in [0.2, 0.25) is 0 Å². The average Bonchev–Trinajstić information content (AvgIpc) is 2.48. The molecule has 0 amide bonds. The molecule has 1 aliphatic heterocycles. The molecule has 3 rings (SSSR count). The fraction of sp³-hybridized carbons (Fsp3) is 0.765. The third kappa shape index (κ3) is 2.85. The first-order valence-corrected chi connectivity index (χ1v) is 8.47. The van der Waals surface area contributed by atoms with E-state index in [0.29, 0.717) is 17.2 Å².